The van der Waals surface area contributed by atoms with E-state index in [1.165, 1.54) is 7.11 Å². The molecule has 1 aromatic carbocycles. The third-order valence-electron chi connectivity index (χ3n) is 3.16. The number of hydrogen-bond acceptors (Lipinski definition) is 5. The lowest BCUT2D eigenvalue weighted by atomic mass is 10.0. The first-order valence-electron chi connectivity index (χ1n) is 6.24. The second-order valence-corrected chi connectivity index (χ2v) is 4.55. The monoisotopic (exact) mass is 266 g/mol. The Hall–Kier alpha value is -1.43. The summed E-state index contributed by atoms with van der Waals surface area (Å²) in [5.74, 6) is -0.462. The normalized spacial score (nSPS) is 30.9. The van der Waals surface area contributed by atoms with Gasteiger partial charge >= 0.3 is 5.97 Å². The molecule has 4 atom stereocenters. The summed E-state index contributed by atoms with van der Waals surface area (Å²) < 4.78 is 15.9. The molecular formula is C14H18O5. The van der Waals surface area contributed by atoms with Crippen molar-refractivity contribution >= 4 is 5.97 Å². The number of esters is 1. The molecule has 5 heteroatoms. The van der Waals surface area contributed by atoms with Crippen LogP contribution in [-0.4, -0.2) is 42.8 Å². The summed E-state index contributed by atoms with van der Waals surface area (Å²) in [6.07, 6.45) is -2.06. The summed E-state index contributed by atoms with van der Waals surface area (Å²) >= 11 is 0. The Kier molecular flexibility index (Phi) is 4.52. The van der Waals surface area contributed by atoms with Crippen molar-refractivity contribution in [2.45, 2.75) is 37.9 Å². The Morgan fingerprint density at radius 3 is 2.63 bits per heavy atom. The van der Waals surface area contributed by atoms with Crippen LogP contribution < -0.4 is 0 Å². The molecule has 1 aliphatic heterocycles. The minimum atomic E-state index is -0.790. The van der Waals surface area contributed by atoms with E-state index in [4.69, 9.17) is 14.2 Å². The van der Waals surface area contributed by atoms with Gasteiger partial charge in [-0.1, -0.05) is 18.2 Å². The number of methoxy groups -OCH3 is 1. The standard InChI is InChI=1S/C14H18O5/c1-9-13(11(15)8-12(17-2)18-9)19-14(16)10-6-4-3-5-7-10/h3-7,9,11-13,15H,8H2,1-2H3/t9-,11-,12+,13+/m1/s1. The van der Waals surface area contributed by atoms with E-state index in [1.807, 2.05) is 6.07 Å². The van der Waals surface area contributed by atoms with Gasteiger partial charge in [-0.05, 0) is 19.1 Å². The van der Waals surface area contributed by atoms with Crippen molar-refractivity contribution in [2.24, 2.45) is 0 Å². The van der Waals surface area contributed by atoms with Crippen molar-refractivity contribution < 1.29 is 24.1 Å². The molecule has 0 amide bonds. The zero-order chi connectivity index (χ0) is 13.8. The third kappa shape index (κ3) is 3.32. The molecule has 1 N–H and O–H groups in total. The molecule has 1 saturated heterocycles. The zero-order valence-electron chi connectivity index (χ0n) is 11.0. The number of hydrogen-bond donors (Lipinski definition) is 1. The van der Waals surface area contributed by atoms with Gasteiger partial charge < -0.3 is 19.3 Å². The summed E-state index contributed by atoms with van der Waals surface area (Å²) in [5, 5.41) is 10.00. The van der Waals surface area contributed by atoms with Gasteiger partial charge in [0.2, 0.25) is 0 Å². The summed E-state index contributed by atoms with van der Waals surface area (Å²) in [5.41, 5.74) is 0.454. The van der Waals surface area contributed by atoms with Crippen LogP contribution in [0.15, 0.2) is 30.3 Å². The van der Waals surface area contributed by atoms with E-state index < -0.39 is 30.6 Å². The summed E-state index contributed by atoms with van der Waals surface area (Å²) in [7, 11) is 1.51. The fourth-order valence-electron chi connectivity index (χ4n) is 2.11. The van der Waals surface area contributed by atoms with Crippen LogP contribution in [0.25, 0.3) is 0 Å². The van der Waals surface area contributed by atoms with Crippen LogP contribution in [0.5, 0.6) is 0 Å². The molecule has 2 rings (SSSR count). The molecule has 0 saturated carbocycles. The van der Waals surface area contributed by atoms with Gasteiger partial charge in [0.15, 0.2) is 12.4 Å². The summed E-state index contributed by atoms with van der Waals surface area (Å²) in [6.45, 7) is 1.75. The Morgan fingerprint density at radius 2 is 2.05 bits per heavy atom. The Bertz CT molecular complexity index is 407. The molecule has 0 spiro atoms. The minimum absolute atomic E-state index is 0.285. The van der Waals surface area contributed by atoms with Crippen molar-refractivity contribution in [1.29, 1.82) is 0 Å². The first kappa shape index (κ1) is 14.0. The lowest BCUT2D eigenvalue weighted by molar-refractivity contribution is -0.236. The van der Waals surface area contributed by atoms with Gasteiger partial charge in [-0.3, -0.25) is 0 Å². The highest BCUT2D eigenvalue weighted by Gasteiger charge is 2.38. The fraction of sp³-hybridized carbons (Fsp3) is 0.500. The van der Waals surface area contributed by atoms with Crippen molar-refractivity contribution in [2.75, 3.05) is 7.11 Å². The molecular weight excluding hydrogens is 248 g/mol. The molecule has 19 heavy (non-hydrogen) atoms. The molecule has 1 aliphatic rings. The molecule has 0 bridgehead atoms. The first-order valence-corrected chi connectivity index (χ1v) is 6.24. The van der Waals surface area contributed by atoms with Gasteiger partial charge in [-0.2, -0.15) is 0 Å². The Morgan fingerprint density at radius 1 is 1.37 bits per heavy atom. The van der Waals surface area contributed by atoms with Crippen LogP contribution in [0.2, 0.25) is 0 Å². The number of ether oxygens (including phenoxy) is 3. The number of carbonyl (C=O) groups is 1. The molecule has 5 nitrogen and oxygen atoms in total. The van der Waals surface area contributed by atoms with Crippen LogP contribution in [0.4, 0.5) is 0 Å². The molecule has 104 valence electrons. The Labute approximate surface area is 112 Å². The SMILES string of the molecule is CO[C@@H]1C[C@@H](O)[C@@H](OC(=O)c2ccccc2)[C@@H](C)O1. The van der Waals surface area contributed by atoms with Crippen LogP contribution in [0.3, 0.4) is 0 Å². The van der Waals surface area contributed by atoms with E-state index in [0.29, 0.717) is 5.56 Å². The average Bonchev–Trinajstić information content (AvgIpc) is 2.43. The maximum atomic E-state index is 11.9. The molecule has 1 heterocycles. The number of aliphatic hydroxyl groups is 1. The molecule has 0 aliphatic carbocycles. The predicted octanol–water partition coefficient (Wildman–Crippen LogP) is 1.35. The minimum Gasteiger partial charge on any atom is -0.453 e. The van der Waals surface area contributed by atoms with Gasteiger partial charge in [0, 0.05) is 13.5 Å². The quantitative estimate of drug-likeness (QED) is 0.837. The number of rotatable bonds is 3. The second kappa shape index (κ2) is 6.14. The molecule has 0 aromatic heterocycles. The van der Waals surface area contributed by atoms with Gasteiger partial charge in [0.1, 0.15) is 0 Å². The Balaban J connectivity index is 2.01. The second-order valence-electron chi connectivity index (χ2n) is 4.55. The highest BCUT2D eigenvalue weighted by atomic mass is 16.7. The number of carbonyl (C=O) groups excluding carboxylic acids is 1. The van der Waals surface area contributed by atoms with E-state index >= 15 is 0 Å². The molecule has 0 unspecified atom stereocenters. The topological polar surface area (TPSA) is 65.0 Å². The molecule has 1 aromatic rings. The smallest absolute Gasteiger partial charge is 0.338 e. The van der Waals surface area contributed by atoms with E-state index in [1.54, 1.807) is 31.2 Å². The van der Waals surface area contributed by atoms with E-state index in [0.717, 1.165) is 0 Å². The van der Waals surface area contributed by atoms with Crippen LogP contribution in [0.1, 0.15) is 23.7 Å². The van der Waals surface area contributed by atoms with Gasteiger partial charge in [0.25, 0.3) is 0 Å². The predicted molar refractivity (Wildman–Crippen MR) is 67.6 cm³/mol. The fourth-order valence-corrected chi connectivity index (χ4v) is 2.11. The maximum absolute atomic E-state index is 11.9. The third-order valence-corrected chi connectivity index (χ3v) is 3.16. The number of benzene rings is 1. The summed E-state index contributed by atoms with van der Waals surface area (Å²) in [4.78, 5) is 11.9. The van der Waals surface area contributed by atoms with Gasteiger partial charge in [-0.25, -0.2) is 4.79 Å². The van der Waals surface area contributed by atoms with Gasteiger partial charge in [-0.15, -0.1) is 0 Å². The van der Waals surface area contributed by atoms with Crippen LogP contribution in [0, 0.1) is 0 Å². The van der Waals surface area contributed by atoms with Crippen molar-refractivity contribution in [3.05, 3.63) is 35.9 Å². The largest absolute Gasteiger partial charge is 0.453 e. The van der Waals surface area contributed by atoms with Crippen molar-refractivity contribution in [3.8, 4) is 0 Å². The van der Waals surface area contributed by atoms with E-state index in [2.05, 4.69) is 0 Å². The van der Waals surface area contributed by atoms with Gasteiger partial charge in [0.05, 0.1) is 17.8 Å². The van der Waals surface area contributed by atoms with Crippen molar-refractivity contribution in [1.82, 2.24) is 0 Å². The lowest BCUT2D eigenvalue weighted by Gasteiger charge is -2.36. The van der Waals surface area contributed by atoms with Crippen LogP contribution >= 0.6 is 0 Å². The summed E-state index contributed by atoms with van der Waals surface area (Å²) in [6, 6.07) is 8.67. The molecule has 1 fully saturated rings. The van der Waals surface area contributed by atoms with E-state index in [9.17, 15) is 9.90 Å². The zero-order valence-corrected chi connectivity index (χ0v) is 11.0. The highest BCUT2D eigenvalue weighted by molar-refractivity contribution is 5.89. The van der Waals surface area contributed by atoms with Crippen LogP contribution in [-0.2, 0) is 14.2 Å². The molecule has 0 radical (unpaired) electrons. The van der Waals surface area contributed by atoms with Crippen molar-refractivity contribution in [3.63, 3.8) is 0 Å². The number of aliphatic hydroxyl groups excluding tert-OH is 1. The first-order chi connectivity index (χ1) is 9.11. The highest BCUT2D eigenvalue weighted by Crippen LogP contribution is 2.23. The lowest BCUT2D eigenvalue weighted by Crippen LogP contribution is -2.49. The maximum Gasteiger partial charge on any atom is 0.338 e. The average molecular weight is 266 g/mol. The van der Waals surface area contributed by atoms with E-state index in [-0.39, 0.29) is 6.42 Å².